The average molecular weight is 264 g/mol. The zero-order valence-corrected chi connectivity index (χ0v) is 10.8. The summed E-state index contributed by atoms with van der Waals surface area (Å²) in [6.45, 7) is 4.40. The Bertz CT molecular complexity index is 539. The molecule has 0 radical (unpaired) electrons. The largest absolute Gasteiger partial charge is 0.480 e. The monoisotopic (exact) mass is 264 g/mol. The maximum Gasteiger partial charge on any atom is 0.335 e. The van der Waals surface area contributed by atoms with Gasteiger partial charge in [0, 0.05) is 13.1 Å². The SMILES string of the molecule is CC(C)(C(=O)O)N1CCNc2cc(C(=O)O)ccc21. The van der Waals surface area contributed by atoms with E-state index in [1.54, 1.807) is 24.8 Å². The van der Waals surface area contributed by atoms with E-state index in [1.807, 2.05) is 0 Å². The van der Waals surface area contributed by atoms with E-state index in [-0.39, 0.29) is 5.56 Å². The highest BCUT2D eigenvalue weighted by Crippen LogP contribution is 2.34. The van der Waals surface area contributed by atoms with E-state index >= 15 is 0 Å². The van der Waals surface area contributed by atoms with E-state index in [1.165, 1.54) is 12.1 Å². The van der Waals surface area contributed by atoms with Crippen LogP contribution in [0.25, 0.3) is 0 Å². The molecule has 0 saturated heterocycles. The number of carbonyl (C=O) groups is 2. The molecule has 0 atom stereocenters. The van der Waals surface area contributed by atoms with Crippen LogP contribution in [0.4, 0.5) is 11.4 Å². The first-order valence-electron chi connectivity index (χ1n) is 5.96. The zero-order chi connectivity index (χ0) is 14.2. The minimum Gasteiger partial charge on any atom is -0.480 e. The number of nitrogens with one attached hydrogen (secondary N) is 1. The van der Waals surface area contributed by atoms with Gasteiger partial charge in [-0.25, -0.2) is 9.59 Å². The third-order valence-corrected chi connectivity index (χ3v) is 3.38. The number of carboxylic acid groups (broad SMARTS) is 2. The fourth-order valence-corrected chi connectivity index (χ4v) is 2.16. The topological polar surface area (TPSA) is 89.9 Å². The van der Waals surface area contributed by atoms with Crippen molar-refractivity contribution in [3.05, 3.63) is 23.8 Å². The Labute approximate surface area is 110 Å². The van der Waals surface area contributed by atoms with Gasteiger partial charge in [-0.15, -0.1) is 0 Å². The Hall–Kier alpha value is -2.24. The second-order valence-corrected chi connectivity index (χ2v) is 4.98. The number of hydrogen-bond donors (Lipinski definition) is 3. The number of aliphatic carboxylic acids is 1. The predicted molar refractivity (Wildman–Crippen MR) is 71.0 cm³/mol. The van der Waals surface area contributed by atoms with E-state index in [9.17, 15) is 14.7 Å². The summed E-state index contributed by atoms with van der Waals surface area (Å²) in [7, 11) is 0. The minimum atomic E-state index is -1.04. The second-order valence-electron chi connectivity index (χ2n) is 4.98. The Balaban J connectivity index is 2.46. The molecule has 3 N–H and O–H groups in total. The van der Waals surface area contributed by atoms with E-state index in [2.05, 4.69) is 5.32 Å². The van der Waals surface area contributed by atoms with Crippen LogP contribution in [-0.2, 0) is 4.79 Å². The number of rotatable bonds is 3. The standard InChI is InChI=1S/C13H16N2O4/c1-13(2,12(18)19)15-6-5-14-9-7-8(11(16)17)3-4-10(9)15/h3-4,7,14H,5-6H2,1-2H3,(H,16,17)(H,18,19). The van der Waals surface area contributed by atoms with Crippen molar-refractivity contribution in [2.45, 2.75) is 19.4 Å². The van der Waals surface area contributed by atoms with Crippen LogP contribution in [0.3, 0.4) is 0 Å². The van der Waals surface area contributed by atoms with Gasteiger partial charge in [0.25, 0.3) is 0 Å². The normalized spacial score (nSPS) is 14.5. The van der Waals surface area contributed by atoms with Crippen LogP contribution in [0.1, 0.15) is 24.2 Å². The van der Waals surface area contributed by atoms with Crippen LogP contribution in [-0.4, -0.2) is 40.8 Å². The van der Waals surface area contributed by atoms with Gasteiger partial charge in [-0.3, -0.25) is 0 Å². The highest BCUT2D eigenvalue weighted by molar-refractivity contribution is 5.92. The highest BCUT2D eigenvalue weighted by Gasteiger charge is 2.37. The quantitative estimate of drug-likeness (QED) is 0.766. The fourth-order valence-electron chi connectivity index (χ4n) is 2.16. The van der Waals surface area contributed by atoms with Gasteiger partial charge in [-0.2, -0.15) is 0 Å². The number of hydrogen-bond acceptors (Lipinski definition) is 4. The van der Waals surface area contributed by atoms with Gasteiger partial charge in [0.05, 0.1) is 16.9 Å². The van der Waals surface area contributed by atoms with Gasteiger partial charge < -0.3 is 20.4 Å². The molecule has 1 aromatic carbocycles. The fraction of sp³-hybridized carbons (Fsp3) is 0.385. The lowest BCUT2D eigenvalue weighted by atomic mass is 9.99. The van der Waals surface area contributed by atoms with E-state index in [0.717, 1.165) is 0 Å². The van der Waals surface area contributed by atoms with Crippen molar-refractivity contribution >= 4 is 23.3 Å². The van der Waals surface area contributed by atoms with Crippen LogP contribution in [0.15, 0.2) is 18.2 Å². The summed E-state index contributed by atoms with van der Waals surface area (Å²) < 4.78 is 0. The number of benzene rings is 1. The molecule has 102 valence electrons. The predicted octanol–water partition coefficient (Wildman–Crippen LogP) is 1.48. The average Bonchev–Trinajstić information content (AvgIpc) is 2.36. The summed E-state index contributed by atoms with van der Waals surface area (Å²) in [6, 6.07) is 4.66. The molecule has 1 aliphatic heterocycles. The summed E-state index contributed by atoms with van der Waals surface area (Å²) in [5.41, 5.74) is 0.507. The summed E-state index contributed by atoms with van der Waals surface area (Å²) >= 11 is 0. The molecular weight excluding hydrogens is 248 g/mol. The minimum absolute atomic E-state index is 0.182. The van der Waals surface area contributed by atoms with Gasteiger partial charge in [0.15, 0.2) is 0 Å². The lowest BCUT2D eigenvalue weighted by molar-refractivity contribution is -0.142. The lowest BCUT2D eigenvalue weighted by Crippen LogP contribution is -2.53. The van der Waals surface area contributed by atoms with Crippen molar-refractivity contribution in [3.8, 4) is 0 Å². The van der Waals surface area contributed by atoms with Crippen LogP contribution >= 0.6 is 0 Å². The smallest absolute Gasteiger partial charge is 0.335 e. The molecule has 0 fully saturated rings. The Morgan fingerprint density at radius 1 is 1.32 bits per heavy atom. The van der Waals surface area contributed by atoms with Crippen molar-refractivity contribution in [2.75, 3.05) is 23.3 Å². The van der Waals surface area contributed by atoms with Crippen LogP contribution in [0.2, 0.25) is 0 Å². The molecule has 0 bridgehead atoms. The molecule has 6 nitrogen and oxygen atoms in total. The lowest BCUT2D eigenvalue weighted by Gasteiger charge is -2.41. The molecule has 2 rings (SSSR count). The second kappa shape index (κ2) is 4.46. The Morgan fingerprint density at radius 3 is 2.58 bits per heavy atom. The third kappa shape index (κ3) is 2.21. The summed E-state index contributed by atoms with van der Waals surface area (Å²) in [6.07, 6.45) is 0. The number of carboxylic acids is 2. The molecule has 1 aliphatic rings. The number of aromatic carboxylic acids is 1. The Morgan fingerprint density at radius 2 is 2.00 bits per heavy atom. The summed E-state index contributed by atoms with van der Waals surface area (Å²) in [5.74, 6) is -1.91. The number of nitrogens with zero attached hydrogens (tertiary/aromatic N) is 1. The van der Waals surface area contributed by atoms with E-state index in [4.69, 9.17) is 5.11 Å². The first-order valence-corrected chi connectivity index (χ1v) is 5.96. The molecule has 0 aromatic heterocycles. The summed E-state index contributed by atoms with van der Waals surface area (Å²) in [5, 5.41) is 21.4. The maximum absolute atomic E-state index is 11.3. The van der Waals surface area contributed by atoms with Crippen LogP contribution < -0.4 is 10.2 Å². The number of fused-ring (bicyclic) bond motifs is 1. The molecule has 0 amide bonds. The first-order chi connectivity index (χ1) is 8.84. The van der Waals surface area contributed by atoms with Crippen molar-refractivity contribution in [2.24, 2.45) is 0 Å². The molecule has 1 heterocycles. The van der Waals surface area contributed by atoms with Gasteiger partial charge >= 0.3 is 11.9 Å². The van der Waals surface area contributed by atoms with Gasteiger partial charge in [-0.05, 0) is 32.0 Å². The number of anilines is 2. The molecule has 1 aromatic rings. The maximum atomic E-state index is 11.3. The van der Waals surface area contributed by atoms with Crippen LogP contribution in [0, 0.1) is 0 Å². The van der Waals surface area contributed by atoms with Gasteiger partial charge in [-0.1, -0.05) is 0 Å². The molecule has 0 unspecified atom stereocenters. The molecule has 0 aliphatic carbocycles. The van der Waals surface area contributed by atoms with Gasteiger partial charge in [0.1, 0.15) is 5.54 Å². The molecule has 0 saturated carbocycles. The van der Waals surface area contributed by atoms with Crippen molar-refractivity contribution < 1.29 is 19.8 Å². The van der Waals surface area contributed by atoms with Crippen molar-refractivity contribution in [3.63, 3.8) is 0 Å². The zero-order valence-electron chi connectivity index (χ0n) is 10.8. The van der Waals surface area contributed by atoms with Crippen LogP contribution in [0.5, 0.6) is 0 Å². The van der Waals surface area contributed by atoms with Gasteiger partial charge in [0.2, 0.25) is 0 Å². The van der Waals surface area contributed by atoms with Crippen molar-refractivity contribution in [1.82, 2.24) is 0 Å². The Kier molecular flexibility index (Phi) is 3.09. The van der Waals surface area contributed by atoms with E-state index < -0.39 is 17.5 Å². The van der Waals surface area contributed by atoms with Crippen molar-refractivity contribution in [1.29, 1.82) is 0 Å². The summed E-state index contributed by atoms with van der Waals surface area (Å²) in [4.78, 5) is 24.1. The highest BCUT2D eigenvalue weighted by atomic mass is 16.4. The third-order valence-electron chi connectivity index (χ3n) is 3.38. The molecular formula is C13H16N2O4. The first kappa shape index (κ1) is 13.2. The van der Waals surface area contributed by atoms with E-state index in [0.29, 0.717) is 24.5 Å². The molecule has 0 spiro atoms. The molecule has 19 heavy (non-hydrogen) atoms. The molecule has 6 heteroatoms.